The first kappa shape index (κ1) is 19.9. The molecule has 2 amide bonds. The van der Waals surface area contributed by atoms with Gasteiger partial charge in [-0.05, 0) is 24.6 Å². The summed E-state index contributed by atoms with van der Waals surface area (Å²) in [6.45, 7) is 4.47. The summed E-state index contributed by atoms with van der Waals surface area (Å²) in [6.07, 6.45) is 3.16. The monoisotopic (exact) mass is 386 g/mol. The molecule has 1 aliphatic heterocycles. The van der Waals surface area contributed by atoms with Crippen LogP contribution in [-0.4, -0.2) is 64.4 Å². The molecule has 148 valence electrons. The summed E-state index contributed by atoms with van der Waals surface area (Å²) in [4.78, 5) is 36.9. The van der Waals surface area contributed by atoms with E-state index in [4.69, 9.17) is 4.74 Å². The lowest BCUT2D eigenvalue weighted by Crippen LogP contribution is -2.42. The quantitative estimate of drug-likeness (QED) is 0.757. The van der Waals surface area contributed by atoms with Crippen LogP contribution < -0.4 is 0 Å². The van der Waals surface area contributed by atoms with Gasteiger partial charge in [0.05, 0.1) is 25.1 Å². The maximum absolute atomic E-state index is 13.2. The zero-order valence-corrected chi connectivity index (χ0v) is 15.8. The Kier molecular flexibility index (Phi) is 6.65. The van der Waals surface area contributed by atoms with Crippen LogP contribution in [-0.2, 0) is 16.1 Å². The summed E-state index contributed by atoms with van der Waals surface area (Å²) in [5.74, 6) is -0.671. The van der Waals surface area contributed by atoms with Crippen molar-refractivity contribution >= 4 is 11.8 Å². The second kappa shape index (κ2) is 9.36. The first-order valence-corrected chi connectivity index (χ1v) is 9.21. The van der Waals surface area contributed by atoms with Gasteiger partial charge in [-0.3, -0.25) is 14.6 Å². The lowest BCUT2D eigenvalue weighted by molar-refractivity contribution is -0.135. The Labute approximate surface area is 163 Å². The van der Waals surface area contributed by atoms with Crippen LogP contribution in [0.25, 0.3) is 0 Å². The molecule has 2 aromatic rings. The third-order valence-corrected chi connectivity index (χ3v) is 4.53. The van der Waals surface area contributed by atoms with Crippen LogP contribution in [0.4, 0.5) is 4.39 Å². The minimum absolute atomic E-state index is 0.0183. The number of aromatic nitrogens is 2. The summed E-state index contributed by atoms with van der Waals surface area (Å²) in [5, 5.41) is 0. The van der Waals surface area contributed by atoms with Crippen molar-refractivity contribution < 1.29 is 18.7 Å². The second-order valence-electron chi connectivity index (χ2n) is 6.64. The van der Waals surface area contributed by atoms with E-state index >= 15 is 0 Å². The largest absolute Gasteiger partial charge is 0.378 e. The second-order valence-corrected chi connectivity index (χ2v) is 6.64. The molecule has 0 N–H and O–H groups in total. The molecule has 2 heterocycles. The summed E-state index contributed by atoms with van der Waals surface area (Å²) >= 11 is 0. The van der Waals surface area contributed by atoms with Crippen molar-refractivity contribution in [2.45, 2.75) is 19.9 Å². The number of ether oxygens (including phenoxy) is 1. The molecule has 0 atom stereocenters. The van der Waals surface area contributed by atoms with Crippen molar-refractivity contribution in [1.82, 2.24) is 19.8 Å². The van der Waals surface area contributed by atoms with Crippen molar-refractivity contribution in [2.24, 2.45) is 0 Å². The first-order chi connectivity index (χ1) is 13.5. The number of halogens is 1. The fourth-order valence-electron chi connectivity index (χ4n) is 2.93. The molecule has 8 heteroatoms. The van der Waals surface area contributed by atoms with E-state index in [9.17, 15) is 14.0 Å². The highest BCUT2D eigenvalue weighted by Crippen LogP contribution is 2.12. The number of hydrogen-bond acceptors (Lipinski definition) is 5. The Morgan fingerprint density at radius 2 is 1.86 bits per heavy atom. The van der Waals surface area contributed by atoms with E-state index in [1.54, 1.807) is 28.9 Å². The Bertz CT molecular complexity index is 805. The van der Waals surface area contributed by atoms with Crippen LogP contribution >= 0.6 is 0 Å². The molecule has 1 aromatic heterocycles. The van der Waals surface area contributed by atoms with E-state index in [1.165, 1.54) is 24.5 Å². The van der Waals surface area contributed by atoms with E-state index in [1.807, 2.05) is 0 Å². The van der Waals surface area contributed by atoms with Gasteiger partial charge in [-0.2, -0.15) is 0 Å². The third kappa shape index (κ3) is 5.32. The number of rotatable bonds is 6. The van der Waals surface area contributed by atoms with Crippen molar-refractivity contribution in [3.8, 4) is 0 Å². The molecule has 1 aromatic carbocycles. The van der Waals surface area contributed by atoms with Gasteiger partial charge in [-0.15, -0.1) is 0 Å². The zero-order chi connectivity index (χ0) is 19.9. The predicted octanol–water partition coefficient (Wildman–Crippen LogP) is 1.82. The van der Waals surface area contributed by atoms with Gasteiger partial charge < -0.3 is 14.5 Å². The molecular formula is C20H23FN4O3. The van der Waals surface area contributed by atoms with E-state index in [0.717, 1.165) is 5.56 Å². The fourth-order valence-corrected chi connectivity index (χ4v) is 2.93. The maximum Gasteiger partial charge on any atom is 0.274 e. The Morgan fingerprint density at radius 3 is 2.50 bits per heavy atom. The molecule has 0 unspecified atom stereocenters. The molecule has 28 heavy (non-hydrogen) atoms. The van der Waals surface area contributed by atoms with Gasteiger partial charge in [0, 0.05) is 38.8 Å². The molecule has 0 spiro atoms. The highest BCUT2D eigenvalue weighted by molar-refractivity contribution is 5.92. The number of hydrogen-bond donors (Lipinski definition) is 0. The lowest BCUT2D eigenvalue weighted by atomic mass is 10.2. The Morgan fingerprint density at radius 1 is 1.14 bits per heavy atom. The number of nitrogens with zero attached hydrogens (tertiary/aromatic N) is 4. The summed E-state index contributed by atoms with van der Waals surface area (Å²) in [6, 6.07) is 5.95. The van der Waals surface area contributed by atoms with Gasteiger partial charge in [0.15, 0.2) is 0 Å². The molecule has 3 rings (SSSR count). The van der Waals surface area contributed by atoms with E-state index in [2.05, 4.69) is 9.97 Å². The van der Waals surface area contributed by atoms with Crippen LogP contribution in [0.2, 0.25) is 0 Å². The minimum atomic E-state index is -0.339. The van der Waals surface area contributed by atoms with Crippen LogP contribution in [0.15, 0.2) is 36.7 Å². The van der Waals surface area contributed by atoms with Crippen molar-refractivity contribution in [1.29, 1.82) is 0 Å². The molecule has 0 aliphatic carbocycles. The van der Waals surface area contributed by atoms with E-state index in [-0.39, 0.29) is 42.8 Å². The van der Waals surface area contributed by atoms with Gasteiger partial charge in [-0.25, -0.2) is 9.37 Å². The molecule has 1 saturated heterocycles. The molecule has 0 saturated carbocycles. The van der Waals surface area contributed by atoms with Gasteiger partial charge in [0.1, 0.15) is 11.5 Å². The van der Waals surface area contributed by atoms with Crippen LogP contribution in [0.3, 0.4) is 0 Å². The molecule has 1 fully saturated rings. The molecular weight excluding hydrogens is 363 g/mol. The maximum atomic E-state index is 13.2. The van der Waals surface area contributed by atoms with Gasteiger partial charge >= 0.3 is 0 Å². The summed E-state index contributed by atoms with van der Waals surface area (Å²) < 4.78 is 18.5. The van der Waals surface area contributed by atoms with Crippen LogP contribution in [0.5, 0.6) is 0 Å². The number of aryl methyl sites for hydroxylation is 1. The van der Waals surface area contributed by atoms with Gasteiger partial charge in [-0.1, -0.05) is 12.1 Å². The Hall–Kier alpha value is -2.87. The Balaban J connectivity index is 1.71. The first-order valence-electron chi connectivity index (χ1n) is 9.21. The predicted molar refractivity (Wildman–Crippen MR) is 99.9 cm³/mol. The number of carbonyl (C=O) groups is 2. The fraction of sp³-hybridized carbons (Fsp3) is 0.400. The number of carbonyl (C=O) groups excluding carboxylic acids is 2. The normalized spacial score (nSPS) is 14.0. The number of benzene rings is 1. The van der Waals surface area contributed by atoms with E-state index in [0.29, 0.717) is 32.0 Å². The number of amides is 2. The average Bonchev–Trinajstić information content (AvgIpc) is 2.73. The minimum Gasteiger partial charge on any atom is -0.378 e. The molecule has 7 nitrogen and oxygen atoms in total. The van der Waals surface area contributed by atoms with Gasteiger partial charge in [0.2, 0.25) is 5.91 Å². The van der Waals surface area contributed by atoms with Crippen LogP contribution in [0.1, 0.15) is 28.2 Å². The van der Waals surface area contributed by atoms with Crippen LogP contribution in [0, 0.1) is 12.7 Å². The SMILES string of the molecule is Cc1cnc(C(=O)N(CCC(=O)N2CCOCC2)Cc2ccc(F)cc2)cn1. The smallest absolute Gasteiger partial charge is 0.274 e. The highest BCUT2D eigenvalue weighted by Gasteiger charge is 2.22. The van der Waals surface area contributed by atoms with E-state index < -0.39 is 0 Å². The molecule has 0 bridgehead atoms. The standard InChI is InChI=1S/C20H23FN4O3/c1-15-12-23-18(13-22-15)20(27)25(14-16-2-4-17(21)5-3-16)7-6-19(26)24-8-10-28-11-9-24/h2-5,12-13H,6-11,14H2,1H3. The summed E-state index contributed by atoms with van der Waals surface area (Å²) in [5.41, 5.74) is 1.70. The molecule has 0 radical (unpaired) electrons. The zero-order valence-electron chi connectivity index (χ0n) is 15.8. The lowest BCUT2D eigenvalue weighted by Gasteiger charge is -2.28. The van der Waals surface area contributed by atoms with Gasteiger partial charge in [0.25, 0.3) is 5.91 Å². The van der Waals surface area contributed by atoms with Crippen molar-refractivity contribution in [3.05, 3.63) is 59.4 Å². The average molecular weight is 386 g/mol. The third-order valence-electron chi connectivity index (χ3n) is 4.53. The number of morpholine rings is 1. The van der Waals surface area contributed by atoms with Crippen molar-refractivity contribution in [3.63, 3.8) is 0 Å². The topological polar surface area (TPSA) is 75.6 Å². The van der Waals surface area contributed by atoms with Crippen molar-refractivity contribution in [2.75, 3.05) is 32.8 Å². The summed E-state index contributed by atoms with van der Waals surface area (Å²) in [7, 11) is 0. The molecule has 1 aliphatic rings. The highest BCUT2D eigenvalue weighted by atomic mass is 19.1.